The molecule has 6 nitrogen and oxygen atoms in total. The molecule has 1 aliphatic heterocycles. The van der Waals surface area contributed by atoms with Crippen LogP contribution in [0.5, 0.6) is 0 Å². The van der Waals surface area contributed by atoms with Crippen molar-refractivity contribution < 1.29 is 4.79 Å². The minimum absolute atomic E-state index is 0.0660. The SMILES string of the molecule is CN(C)CCCNC(=O)N1CCN(Cc2ccccn2)CC1. The van der Waals surface area contributed by atoms with Gasteiger partial charge >= 0.3 is 6.03 Å². The molecule has 2 heterocycles. The molecule has 0 atom stereocenters. The lowest BCUT2D eigenvalue weighted by Crippen LogP contribution is -2.51. The molecule has 22 heavy (non-hydrogen) atoms. The minimum atomic E-state index is 0.0660. The molecule has 1 saturated heterocycles. The van der Waals surface area contributed by atoms with E-state index in [0.717, 1.165) is 57.9 Å². The molecule has 0 aliphatic carbocycles. The van der Waals surface area contributed by atoms with Gasteiger partial charge < -0.3 is 15.1 Å². The third kappa shape index (κ3) is 5.61. The van der Waals surface area contributed by atoms with E-state index >= 15 is 0 Å². The number of nitrogens with one attached hydrogen (secondary N) is 1. The molecule has 1 aromatic rings. The van der Waals surface area contributed by atoms with Gasteiger partial charge in [0.1, 0.15) is 0 Å². The highest BCUT2D eigenvalue weighted by atomic mass is 16.2. The van der Waals surface area contributed by atoms with Gasteiger partial charge in [-0.15, -0.1) is 0 Å². The number of pyridine rings is 1. The summed E-state index contributed by atoms with van der Waals surface area (Å²) in [5, 5.41) is 3.00. The molecule has 2 rings (SSSR count). The smallest absolute Gasteiger partial charge is 0.317 e. The lowest BCUT2D eigenvalue weighted by molar-refractivity contribution is 0.134. The topological polar surface area (TPSA) is 51.7 Å². The Morgan fingerprint density at radius 3 is 2.68 bits per heavy atom. The van der Waals surface area contributed by atoms with Crippen molar-refractivity contribution in [3.05, 3.63) is 30.1 Å². The Kier molecular flexibility index (Phi) is 6.61. The molecule has 122 valence electrons. The summed E-state index contributed by atoms with van der Waals surface area (Å²) in [7, 11) is 4.09. The number of aromatic nitrogens is 1. The maximum atomic E-state index is 12.1. The predicted octanol–water partition coefficient (Wildman–Crippen LogP) is 0.861. The second-order valence-electron chi connectivity index (χ2n) is 5.97. The summed E-state index contributed by atoms with van der Waals surface area (Å²) in [5.74, 6) is 0. The second-order valence-corrected chi connectivity index (χ2v) is 5.97. The second kappa shape index (κ2) is 8.70. The largest absolute Gasteiger partial charge is 0.338 e. The number of rotatable bonds is 6. The van der Waals surface area contributed by atoms with Crippen LogP contribution < -0.4 is 5.32 Å². The summed E-state index contributed by atoms with van der Waals surface area (Å²) in [4.78, 5) is 22.8. The van der Waals surface area contributed by atoms with Crippen LogP contribution in [0.25, 0.3) is 0 Å². The lowest BCUT2D eigenvalue weighted by atomic mass is 10.3. The van der Waals surface area contributed by atoms with Gasteiger partial charge in [0.15, 0.2) is 0 Å². The predicted molar refractivity (Wildman–Crippen MR) is 87.7 cm³/mol. The van der Waals surface area contributed by atoms with Gasteiger partial charge in [-0.1, -0.05) is 6.07 Å². The molecule has 0 aromatic carbocycles. The molecular weight excluding hydrogens is 278 g/mol. The number of nitrogens with zero attached hydrogens (tertiary/aromatic N) is 4. The van der Waals surface area contributed by atoms with Crippen LogP contribution >= 0.6 is 0 Å². The number of hydrogen-bond acceptors (Lipinski definition) is 4. The van der Waals surface area contributed by atoms with Gasteiger partial charge in [-0.05, 0) is 39.2 Å². The highest BCUT2D eigenvalue weighted by molar-refractivity contribution is 5.74. The normalized spacial score (nSPS) is 16.0. The fourth-order valence-electron chi connectivity index (χ4n) is 2.53. The van der Waals surface area contributed by atoms with Crippen LogP contribution in [0.4, 0.5) is 4.79 Å². The Morgan fingerprint density at radius 1 is 1.27 bits per heavy atom. The molecule has 0 saturated carbocycles. The number of carbonyl (C=O) groups excluding carboxylic acids is 1. The Labute approximate surface area is 133 Å². The van der Waals surface area contributed by atoms with Gasteiger partial charge in [-0.25, -0.2) is 4.79 Å². The van der Waals surface area contributed by atoms with Crippen LogP contribution in [0.3, 0.4) is 0 Å². The molecule has 1 aliphatic rings. The highest BCUT2D eigenvalue weighted by Crippen LogP contribution is 2.06. The fraction of sp³-hybridized carbons (Fsp3) is 0.625. The van der Waals surface area contributed by atoms with Crippen LogP contribution in [0.15, 0.2) is 24.4 Å². The summed E-state index contributed by atoms with van der Waals surface area (Å²) >= 11 is 0. The molecule has 6 heteroatoms. The summed E-state index contributed by atoms with van der Waals surface area (Å²) in [6.45, 7) is 5.98. The summed E-state index contributed by atoms with van der Waals surface area (Å²) < 4.78 is 0. The van der Waals surface area contributed by atoms with E-state index in [1.165, 1.54) is 0 Å². The van der Waals surface area contributed by atoms with E-state index in [0.29, 0.717) is 0 Å². The Morgan fingerprint density at radius 2 is 2.05 bits per heavy atom. The van der Waals surface area contributed by atoms with Crippen molar-refractivity contribution in [2.45, 2.75) is 13.0 Å². The monoisotopic (exact) mass is 305 g/mol. The van der Waals surface area contributed by atoms with Crippen LogP contribution in [0.1, 0.15) is 12.1 Å². The molecule has 0 spiro atoms. The minimum Gasteiger partial charge on any atom is -0.338 e. The molecule has 2 amide bonds. The summed E-state index contributed by atoms with van der Waals surface area (Å²) in [6, 6.07) is 6.06. The molecule has 1 aromatic heterocycles. The van der Waals surface area contributed by atoms with Crippen molar-refractivity contribution in [1.82, 2.24) is 25.0 Å². The molecular formula is C16H27N5O. The molecule has 1 N–H and O–H groups in total. The zero-order valence-corrected chi connectivity index (χ0v) is 13.7. The van der Waals surface area contributed by atoms with Crippen LogP contribution in [-0.2, 0) is 6.54 Å². The van der Waals surface area contributed by atoms with Crippen molar-refractivity contribution in [2.24, 2.45) is 0 Å². The van der Waals surface area contributed by atoms with Gasteiger partial charge in [0, 0.05) is 45.5 Å². The quantitative estimate of drug-likeness (QED) is 0.792. The number of amides is 2. The molecule has 0 bridgehead atoms. The van der Waals surface area contributed by atoms with E-state index in [1.807, 2.05) is 43.4 Å². The van der Waals surface area contributed by atoms with Crippen LogP contribution in [0, 0.1) is 0 Å². The highest BCUT2D eigenvalue weighted by Gasteiger charge is 2.20. The number of carbonyl (C=O) groups is 1. The first-order valence-electron chi connectivity index (χ1n) is 7.95. The van der Waals surface area contributed by atoms with Crippen molar-refractivity contribution in [3.8, 4) is 0 Å². The Hall–Kier alpha value is -1.66. The van der Waals surface area contributed by atoms with Crippen molar-refractivity contribution in [2.75, 3.05) is 53.4 Å². The van der Waals surface area contributed by atoms with Gasteiger partial charge in [0.25, 0.3) is 0 Å². The lowest BCUT2D eigenvalue weighted by Gasteiger charge is -2.34. The fourth-order valence-corrected chi connectivity index (χ4v) is 2.53. The zero-order valence-electron chi connectivity index (χ0n) is 13.7. The Bertz CT molecular complexity index is 443. The van der Waals surface area contributed by atoms with Gasteiger partial charge in [0.05, 0.1) is 5.69 Å². The van der Waals surface area contributed by atoms with E-state index in [2.05, 4.69) is 20.1 Å². The zero-order chi connectivity index (χ0) is 15.8. The van der Waals surface area contributed by atoms with E-state index in [9.17, 15) is 4.79 Å². The number of urea groups is 1. The molecule has 1 fully saturated rings. The van der Waals surface area contributed by atoms with E-state index < -0.39 is 0 Å². The van der Waals surface area contributed by atoms with E-state index in [1.54, 1.807) is 0 Å². The number of hydrogen-bond donors (Lipinski definition) is 1. The molecule has 0 unspecified atom stereocenters. The first kappa shape index (κ1) is 16.7. The first-order chi connectivity index (χ1) is 10.6. The maximum Gasteiger partial charge on any atom is 0.317 e. The maximum absolute atomic E-state index is 12.1. The number of piperazine rings is 1. The Balaban J connectivity index is 1.65. The summed E-state index contributed by atoms with van der Waals surface area (Å²) in [5.41, 5.74) is 1.09. The van der Waals surface area contributed by atoms with Crippen molar-refractivity contribution in [1.29, 1.82) is 0 Å². The van der Waals surface area contributed by atoms with Crippen molar-refractivity contribution in [3.63, 3.8) is 0 Å². The van der Waals surface area contributed by atoms with Crippen LogP contribution in [0.2, 0.25) is 0 Å². The summed E-state index contributed by atoms with van der Waals surface area (Å²) in [6.07, 6.45) is 2.81. The third-order valence-corrected chi connectivity index (χ3v) is 3.83. The average molecular weight is 305 g/mol. The standard InChI is InChI=1S/C16H27N5O/c1-19(2)9-5-8-18-16(22)21-12-10-20(11-13-21)14-15-6-3-4-7-17-15/h3-4,6-7H,5,8-14H2,1-2H3,(H,18,22). The third-order valence-electron chi connectivity index (χ3n) is 3.83. The van der Waals surface area contributed by atoms with Crippen molar-refractivity contribution >= 4 is 6.03 Å². The van der Waals surface area contributed by atoms with Gasteiger partial charge in [-0.2, -0.15) is 0 Å². The van der Waals surface area contributed by atoms with E-state index in [4.69, 9.17) is 0 Å². The average Bonchev–Trinajstić information content (AvgIpc) is 2.53. The molecule has 0 radical (unpaired) electrons. The van der Waals surface area contributed by atoms with Gasteiger partial charge in [0.2, 0.25) is 0 Å². The first-order valence-corrected chi connectivity index (χ1v) is 7.95. The van der Waals surface area contributed by atoms with E-state index in [-0.39, 0.29) is 6.03 Å². The van der Waals surface area contributed by atoms with Gasteiger partial charge in [-0.3, -0.25) is 9.88 Å². The van der Waals surface area contributed by atoms with Crippen LogP contribution in [-0.4, -0.2) is 79.1 Å².